The number of ketones is 1. The van der Waals surface area contributed by atoms with Crippen molar-refractivity contribution in [3.8, 4) is 6.07 Å². The summed E-state index contributed by atoms with van der Waals surface area (Å²) in [6, 6.07) is 14.9. The number of H-pyrrole nitrogens is 1. The summed E-state index contributed by atoms with van der Waals surface area (Å²) < 4.78 is 0.929. The Morgan fingerprint density at radius 2 is 1.95 bits per heavy atom. The molecule has 1 aromatic heterocycles. The summed E-state index contributed by atoms with van der Waals surface area (Å²) in [7, 11) is 0. The molecule has 0 radical (unpaired) electrons. The molecule has 0 aliphatic rings. The zero-order valence-corrected chi connectivity index (χ0v) is 12.5. The first-order valence-electron chi connectivity index (χ1n) is 6.01. The van der Waals surface area contributed by atoms with Crippen molar-refractivity contribution in [1.29, 1.82) is 5.26 Å². The summed E-state index contributed by atoms with van der Waals surface area (Å²) in [5.74, 6) is -0.00837. The largest absolute Gasteiger partial charge is 0.360 e. The number of benzene rings is 2. The van der Waals surface area contributed by atoms with Gasteiger partial charge in [-0.25, -0.2) is 0 Å². The summed E-state index contributed by atoms with van der Waals surface area (Å²) in [4.78, 5) is 15.7. The molecule has 0 saturated heterocycles. The van der Waals surface area contributed by atoms with Crippen LogP contribution in [0.4, 0.5) is 0 Å². The highest BCUT2D eigenvalue weighted by Crippen LogP contribution is 2.24. The van der Waals surface area contributed by atoms with Crippen molar-refractivity contribution in [1.82, 2.24) is 4.98 Å². The Bertz CT molecular complexity index is 858. The summed E-state index contributed by atoms with van der Waals surface area (Å²) in [6.45, 7) is 0. The van der Waals surface area contributed by atoms with Crippen molar-refractivity contribution < 1.29 is 4.79 Å². The molecule has 4 heteroatoms. The van der Waals surface area contributed by atoms with Crippen LogP contribution in [0.15, 0.2) is 48.7 Å². The van der Waals surface area contributed by atoms with E-state index in [9.17, 15) is 4.79 Å². The van der Waals surface area contributed by atoms with Crippen molar-refractivity contribution in [3.63, 3.8) is 0 Å². The Labute approximate surface area is 129 Å². The van der Waals surface area contributed by atoms with Gasteiger partial charge in [-0.3, -0.25) is 4.79 Å². The second kappa shape index (κ2) is 5.10. The van der Waals surface area contributed by atoms with Gasteiger partial charge in [-0.05, 0) is 46.9 Å². The molecule has 0 amide bonds. The highest BCUT2D eigenvalue weighted by atomic mass is 127. The Balaban J connectivity index is 2.14. The van der Waals surface area contributed by atoms with Crippen LogP contribution < -0.4 is 0 Å². The van der Waals surface area contributed by atoms with E-state index in [2.05, 4.69) is 33.6 Å². The predicted molar refractivity (Wildman–Crippen MR) is 85.6 cm³/mol. The molecule has 0 bridgehead atoms. The molecule has 20 heavy (non-hydrogen) atoms. The number of nitriles is 1. The molecule has 0 unspecified atom stereocenters. The van der Waals surface area contributed by atoms with Crippen LogP contribution in [0, 0.1) is 14.9 Å². The van der Waals surface area contributed by atoms with Gasteiger partial charge in [-0.2, -0.15) is 5.26 Å². The minimum absolute atomic E-state index is 0.00837. The molecule has 0 aliphatic carbocycles. The average Bonchev–Trinajstić information content (AvgIpc) is 2.90. The highest BCUT2D eigenvalue weighted by molar-refractivity contribution is 14.1. The number of carbonyl (C=O) groups excluding carboxylic acids is 1. The number of aromatic nitrogens is 1. The van der Waals surface area contributed by atoms with E-state index in [1.807, 2.05) is 30.3 Å². The first kappa shape index (κ1) is 12.9. The zero-order valence-electron chi connectivity index (χ0n) is 10.4. The van der Waals surface area contributed by atoms with Crippen LogP contribution in [0.1, 0.15) is 21.5 Å². The molecule has 0 aliphatic heterocycles. The minimum atomic E-state index is -0.00837. The van der Waals surface area contributed by atoms with E-state index < -0.39 is 0 Å². The SMILES string of the molecule is N#Cc1ccc2c(C(=O)c3ccccc3I)c[nH]c2c1. The number of rotatable bonds is 2. The second-order valence-corrected chi connectivity index (χ2v) is 5.55. The van der Waals surface area contributed by atoms with Gasteiger partial charge < -0.3 is 4.98 Å². The van der Waals surface area contributed by atoms with Gasteiger partial charge in [0.05, 0.1) is 11.6 Å². The summed E-state index contributed by atoms with van der Waals surface area (Å²) in [6.07, 6.45) is 1.71. The monoisotopic (exact) mass is 372 g/mol. The third kappa shape index (κ3) is 2.10. The Kier molecular flexibility index (Phi) is 3.28. The maximum Gasteiger partial charge on any atom is 0.196 e. The lowest BCUT2D eigenvalue weighted by Crippen LogP contribution is -2.02. The molecule has 96 valence electrons. The Morgan fingerprint density at radius 3 is 2.70 bits per heavy atom. The van der Waals surface area contributed by atoms with E-state index in [1.54, 1.807) is 18.3 Å². The van der Waals surface area contributed by atoms with Crippen molar-refractivity contribution in [3.05, 3.63) is 68.9 Å². The van der Waals surface area contributed by atoms with Crippen LogP contribution in [0.5, 0.6) is 0 Å². The lowest BCUT2D eigenvalue weighted by atomic mass is 10.0. The first-order chi connectivity index (χ1) is 9.70. The van der Waals surface area contributed by atoms with Gasteiger partial charge in [0.15, 0.2) is 5.78 Å². The Hall–Kier alpha value is -2.13. The lowest BCUT2D eigenvalue weighted by molar-refractivity contribution is 0.103. The van der Waals surface area contributed by atoms with Crippen molar-refractivity contribution >= 4 is 39.3 Å². The molecule has 0 fully saturated rings. The number of carbonyl (C=O) groups is 1. The van der Waals surface area contributed by atoms with Crippen molar-refractivity contribution in [2.24, 2.45) is 0 Å². The number of hydrogen-bond donors (Lipinski definition) is 1. The molecular weight excluding hydrogens is 363 g/mol. The maximum absolute atomic E-state index is 12.6. The van der Waals surface area contributed by atoms with Gasteiger partial charge >= 0.3 is 0 Å². The number of halogens is 1. The second-order valence-electron chi connectivity index (χ2n) is 4.38. The van der Waals surface area contributed by atoms with Crippen LogP contribution in [0.25, 0.3) is 10.9 Å². The third-order valence-corrected chi connectivity index (χ3v) is 4.11. The number of hydrogen-bond acceptors (Lipinski definition) is 2. The Morgan fingerprint density at radius 1 is 1.15 bits per heavy atom. The molecule has 1 N–H and O–H groups in total. The van der Waals surface area contributed by atoms with E-state index >= 15 is 0 Å². The van der Waals surface area contributed by atoms with Crippen molar-refractivity contribution in [2.45, 2.75) is 0 Å². The smallest absolute Gasteiger partial charge is 0.196 e. The number of fused-ring (bicyclic) bond motifs is 1. The molecule has 1 heterocycles. The van der Waals surface area contributed by atoms with Crippen LogP contribution >= 0.6 is 22.6 Å². The summed E-state index contributed by atoms with van der Waals surface area (Å²) >= 11 is 2.16. The molecular formula is C16H9IN2O. The minimum Gasteiger partial charge on any atom is -0.360 e. The fourth-order valence-corrected chi connectivity index (χ4v) is 2.81. The van der Waals surface area contributed by atoms with E-state index in [-0.39, 0.29) is 5.78 Å². The number of aromatic amines is 1. The lowest BCUT2D eigenvalue weighted by Gasteiger charge is -2.02. The van der Waals surface area contributed by atoms with Gasteiger partial charge in [0.2, 0.25) is 0 Å². The fraction of sp³-hybridized carbons (Fsp3) is 0. The van der Waals surface area contributed by atoms with Gasteiger partial charge in [-0.1, -0.05) is 18.2 Å². The van der Waals surface area contributed by atoms with Gasteiger partial charge in [0.1, 0.15) is 0 Å². The van der Waals surface area contributed by atoms with E-state index in [0.29, 0.717) is 16.7 Å². The van der Waals surface area contributed by atoms with E-state index in [0.717, 1.165) is 14.5 Å². The topological polar surface area (TPSA) is 56.6 Å². The standard InChI is InChI=1S/C16H9IN2O/c17-14-4-2-1-3-12(14)16(20)13-9-19-15-7-10(8-18)5-6-11(13)15/h1-7,9,19H. The van der Waals surface area contributed by atoms with E-state index in [1.165, 1.54) is 0 Å². The van der Waals surface area contributed by atoms with Crippen LogP contribution in [-0.2, 0) is 0 Å². The predicted octanol–water partition coefficient (Wildman–Crippen LogP) is 3.88. The first-order valence-corrected chi connectivity index (χ1v) is 7.09. The molecule has 2 aromatic carbocycles. The van der Waals surface area contributed by atoms with Crippen LogP contribution in [0.3, 0.4) is 0 Å². The van der Waals surface area contributed by atoms with Crippen LogP contribution in [0.2, 0.25) is 0 Å². The van der Waals surface area contributed by atoms with Gasteiger partial charge in [0, 0.05) is 31.8 Å². The number of nitrogens with zero attached hydrogens (tertiary/aromatic N) is 1. The van der Waals surface area contributed by atoms with Crippen LogP contribution in [-0.4, -0.2) is 10.8 Å². The molecule has 3 nitrogen and oxygen atoms in total. The summed E-state index contributed by atoms with van der Waals surface area (Å²) in [5.41, 5.74) is 2.71. The zero-order chi connectivity index (χ0) is 14.1. The van der Waals surface area contributed by atoms with Gasteiger partial charge in [0.25, 0.3) is 0 Å². The quantitative estimate of drug-likeness (QED) is 0.549. The van der Waals surface area contributed by atoms with Gasteiger partial charge in [-0.15, -0.1) is 0 Å². The normalized spacial score (nSPS) is 10.4. The molecule has 0 atom stereocenters. The molecule has 0 spiro atoms. The van der Waals surface area contributed by atoms with Crippen molar-refractivity contribution in [2.75, 3.05) is 0 Å². The summed E-state index contributed by atoms with van der Waals surface area (Å²) in [5, 5.41) is 9.74. The van der Waals surface area contributed by atoms with E-state index in [4.69, 9.17) is 5.26 Å². The third-order valence-electron chi connectivity index (χ3n) is 3.17. The maximum atomic E-state index is 12.6. The average molecular weight is 372 g/mol. The molecule has 3 rings (SSSR count). The fourth-order valence-electron chi connectivity index (χ4n) is 2.17. The molecule has 3 aromatic rings. The number of nitrogens with one attached hydrogen (secondary N) is 1. The highest BCUT2D eigenvalue weighted by Gasteiger charge is 2.16. The molecule has 0 saturated carbocycles.